The number of aromatic hydroxyl groups is 1. The molecule has 2 heteroatoms. The molecule has 0 saturated carbocycles. The summed E-state index contributed by atoms with van der Waals surface area (Å²) in [7, 11) is 0. The Morgan fingerprint density at radius 3 is 1.92 bits per heavy atom. The lowest BCUT2D eigenvalue weighted by Gasteiger charge is -2.27. The van der Waals surface area contributed by atoms with Crippen LogP contribution in [0.5, 0.6) is 5.75 Å². The van der Waals surface area contributed by atoms with Gasteiger partial charge in [-0.1, -0.05) is 74.3 Å². The summed E-state index contributed by atoms with van der Waals surface area (Å²) in [6, 6.07) is 4.61. The van der Waals surface area contributed by atoms with Crippen LogP contribution in [0.4, 0.5) is 0 Å². The Morgan fingerprint density at radius 2 is 1.50 bits per heavy atom. The number of hydrogen-bond donors (Lipinski definition) is 1. The Hall–Kier alpha value is -1.31. The van der Waals surface area contributed by atoms with Crippen molar-refractivity contribution in [3.63, 3.8) is 0 Å². The van der Waals surface area contributed by atoms with Crippen LogP contribution in [0.3, 0.4) is 0 Å². The minimum atomic E-state index is -0.0971. The third kappa shape index (κ3) is 5.65. The molecule has 0 unspecified atom stereocenters. The lowest BCUT2D eigenvalue weighted by Crippen LogP contribution is -2.17. The number of benzene rings is 1. The van der Waals surface area contributed by atoms with Crippen molar-refractivity contribution < 1.29 is 5.11 Å². The van der Waals surface area contributed by atoms with Gasteiger partial charge in [0.25, 0.3) is 0 Å². The molecular weight excluding hydrogens is 294 g/mol. The van der Waals surface area contributed by atoms with Gasteiger partial charge in [-0.3, -0.25) is 4.99 Å². The summed E-state index contributed by atoms with van der Waals surface area (Å²) in [5, 5.41) is 10.8. The van der Waals surface area contributed by atoms with Crippen molar-refractivity contribution in [2.45, 2.75) is 97.9 Å². The number of nitrogens with zero attached hydrogens (tertiary/aromatic N) is 1. The fourth-order valence-electron chi connectivity index (χ4n) is 2.91. The molecule has 0 spiro atoms. The molecule has 24 heavy (non-hydrogen) atoms. The van der Waals surface area contributed by atoms with E-state index in [0.29, 0.717) is 11.8 Å². The largest absolute Gasteiger partial charge is 0.507 e. The molecule has 136 valence electrons. The van der Waals surface area contributed by atoms with Crippen molar-refractivity contribution in [3.05, 3.63) is 28.8 Å². The lowest BCUT2D eigenvalue weighted by atomic mass is 9.79. The summed E-state index contributed by atoms with van der Waals surface area (Å²) in [5.41, 5.74) is 3.04. The Morgan fingerprint density at radius 1 is 0.958 bits per heavy atom. The summed E-state index contributed by atoms with van der Waals surface area (Å²) in [6.45, 7) is 17.5. The predicted octanol–water partition coefficient (Wildman–Crippen LogP) is 6.37. The lowest BCUT2D eigenvalue weighted by molar-refractivity contribution is 0.443. The van der Waals surface area contributed by atoms with Gasteiger partial charge in [-0.05, 0) is 35.3 Å². The molecule has 1 aromatic carbocycles. The van der Waals surface area contributed by atoms with Gasteiger partial charge >= 0.3 is 0 Å². The average molecular weight is 332 g/mol. The van der Waals surface area contributed by atoms with Crippen LogP contribution in [0.1, 0.15) is 97.8 Å². The molecule has 1 rings (SSSR count). The van der Waals surface area contributed by atoms with Gasteiger partial charge in [0.15, 0.2) is 0 Å². The molecule has 0 radical (unpaired) electrons. The first-order valence-corrected chi connectivity index (χ1v) is 9.41. The van der Waals surface area contributed by atoms with E-state index in [1.807, 2.05) is 6.21 Å². The highest BCUT2D eigenvalue weighted by atomic mass is 16.3. The van der Waals surface area contributed by atoms with E-state index in [-0.39, 0.29) is 10.8 Å². The second kappa shape index (κ2) is 8.18. The Kier molecular flexibility index (Phi) is 7.07. The van der Waals surface area contributed by atoms with Gasteiger partial charge in [0.1, 0.15) is 5.75 Å². The summed E-state index contributed by atoms with van der Waals surface area (Å²) >= 11 is 0. The van der Waals surface area contributed by atoms with E-state index >= 15 is 0 Å². The molecule has 1 N–H and O–H groups in total. The fraction of sp³-hybridized carbons (Fsp3) is 0.682. The zero-order valence-corrected chi connectivity index (χ0v) is 17.0. The van der Waals surface area contributed by atoms with Crippen molar-refractivity contribution in [1.29, 1.82) is 0 Å². The molecule has 0 atom stereocenters. The van der Waals surface area contributed by atoms with Crippen LogP contribution >= 0.6 is 0 Å². The minimum Gasteiger partial charge on any atom is -0.507 e. The average Bonchev–Trinajstić information content (AvgIpc) is 2.43. The van der Waals surface area contributed by atoms with Crippen molar-refractivity contribution in [1.82, 2.24) is 0 Å². The van der Waals surface area contributed by atoms with Gasteiger partial charge in [-0.25, -0.2) is 0 Å². The summed E-state index contributed by atoms with van der Waals surface area (Å²) in [4.78, 5) is 4.80. The summed E-state index contributed by atoms with van der Waals surface area (Å²) in [5.74, 6) is 0.381. The third-order valence-corrected chi connectivity index (χ3v) is 4.48. The van der Waals surface area contributed by atoms with Crippen LogP contribution in [-0.4, -0.2) is 17.4 Å². The topological polar surface area (TPSA) is 32.6 Å². The molecule has 0 aromatic heterocycles. The highest BCUT2D eigenvalue weighted by Crippen LogP contribution is 2.37. The molecule has 0 aliphatic carbocycles. The molecule has 0 heterocycles. The van der Waals surface area contributed by atoms with Crippen molar-refractivity contribution in [3.8, 4) is 5.75 Å². The molecule has 2 nitrogen and oxygen atoms in total. The van der Waals surface area contributed by atoms with E-state index in [1.165, 1.54) is 5.56 Å². The normalized spacial score (nSPS) is 13.2. The van der Waals surface area contributed by atoms with E-state index in [1.54, 1.807) is 0 Å². The van der Waals surface area contributed by atoms with Crippen LogP contribution in [0.2, 0.25) is 0 Å². The minimum absolute atomic E-state index is 0.0442. The van der Waals surface area contributed by atoms with Crippen LogP contribution in [0.25, 0.3) is 0 Å². The molecule has 0 fully saturated rings. The first-order chi connectivity index (χ1) is 11.0. The molecule has 1 aromatic rings. The quantitative estimate of drug-likeness (QED) is 0.603. The fourth-order valence-corrected chi connectivity index (χ4v) is 2.91. The van der Waals surface area contributed by atoms with E-state index in [9.17, 15) is 5.11 Å². The second-order valence-electron chi connectivity index (χ2n) is 8.97. The monoisotopic (exact) mass is 331 g/mol. The highest BCUT2D eigenvalue weighted by molar-refractivity contribution is 5.85. The van der Waals surface area contributed by atoms with Crippen molar-refractivity contribution in [2.24, 2.45) is 4.99 Å². The van der Waals surface area contributed by atoms with Gasteiger partial charge in [0.2, 0.25) is 0 Å². The Balaban J connectivity index is 3.35. The van der Waals surface area contributed by atoms with Crippen LogP contribution < -0.4 is 0 Å². The van der Waals surface area contributed by atoms with E-state index < -0.39 is 0 Å². The zero-order chi connectivity index (χ0) is 18.5. The summed E-state index contributed by atoms with van der Waals surface area (Å²) in [6.07, 6.45) is 6.40. The summed E-state index contributed by atoms with van der Waals surface area (Å²) < 4.78 is 0. The Labute approximate surface area is 149 Å². The maximum Gasteiger partial charge on any atom is 0.128 e. The molecule has 0 aliphatic heterocycles. The first-order valence-electron chi connectivity index (χ1n) is 9.41. The maximum absolute atomic E-state index is 10.8. The standard InChI is InChI=1S/C22H37NO/c1-9-11-18(12-10-2)23-15-16-13-17(21(3,4)5)14-19(20(16)24)22(6,7)8/h13-15,18,24H,9-12H2,1-8H3. The molecular formula is C22H37NO. The Bertz CT molecular complexity index is 553. The van der Waals surface area contributed by atoms with Crippen LogP contribution in [-0.2, 0) is 10.8 Å². The van der Waals surface area contributed by atoms with E-state index in [0.717, 1.165) is 36.8 Å². The maximum atomic E-state index is 10.8. The predicted molar refractivity (Wildman–Crippen MR) is 107 cm³/mol. The van der Waals surface area contributed by atoms with Gasteiger partial charge in [-0.2, -0.15) is 0 Å². The van der Waals surface area contributed by atoms with Crippen molar-refractivity contribution in [2.75, 3.05) is 0 Å². The van der Waals surface area contributed by atoms with Crippen LogP contribution in [0.15, 0.2) is 17.1 Å². The second-order valence-corrected chi connectivity index (χ2v) is 8.97. The number of aliphatic imine (C=N–C) groups is 1. The van der Waals surface area contributed by atoms with E-state index in [4.69, 9.17) is 4.99 Å². The smallest absolute Gasteiger partial charge is 0.128 e. The van der Waals surface area contributed by atoms with Gasteiger partial charge in [-0.15, -0.1) is 0 Å². The number of rotatable bonds is 6. The van der Waals surface area contributed by atoms with Gasteiger partial charge in [0, 0.05) is 23.4 Å². The van der Waals surface area contributed by atoms with Gasteiger partial charge < -0.3 is 5.11 Å². The molecule has 0 aliphatic rings. The van der Waals surface area contributed by atoms with Crippen molar-refractivity contribution >= 4 is 6.21 Å². The third-order valence-electron chi connectivity index (χ3n) is 4.48. The SMILES string of the molecule is CCCC(CCC)N=Cc1cc(C(C)(C)C)cc(C(C)(C)C)c1O. The van der Waals surface area contributed by atoms with E-state index in [2.05, 4.69) is 67.5 Å². The van der Waals surface area contributed by atoms with Crippen LogP contribution in [0, 0.1) is 0 Å². The molecule has 0 bridgehead atoms. The first kappa shape index (κ1) is 20.7. The number of hydrogen-bond acceptors (Lipinski definition) is 2. The van der Waals surface area contributed by atoms with Gasteiger partial charge in [0.05, 0.1) is 0 Å². The molecule has 0 amide bonds. The molecule has 0 saturated heterocycles. The highest BCUT2D eigenvalue weighted by Gasteiger charge is 2.24. The zero-order valence-electron chi connectivity index (χ0n) is 17.0. The number of phenolic OH excluding ortho intramolecular Hbond substituents is 1. The number of phenols is 1.